The van der Waals surface area contributed by atoms with E-state index in [0.29, 0.717) is 34.0 Å². The maximum atomic E-state index is 12.4. The number of nitrogens with zero attached hydrogens (tertiary/aromatic N) is 1. The van der Waals surface area contributed by atoms with Crippen LogP contribution in [0.1, 0.15) is 33.6 Å². The number of benzene rings is 2. The molecule has 1 aliphatic rings. The third-order valence-corrected chi connectivity index (χ3v) is 4.88. The number of carbonyl (C=O) groups excluding carboxylic acids is 3. The highest BCUT2D eigenvalue weighted by Crippen LogP contribution is 2.28. The number of methoxy groups -OCH3 is 1. The first-order valence-corrected chi connectivity index (χ1v) is 9.37. The normalized spacial score (nSPS) is 12.9. The van der Waals surface area contributed by atoms with Gasteiger partial charge >= 0.3 is 0 Å². The van der Waals surface area contributed by atoms with E-state index < -0.39 is 0 Å². The van der Waals surface area contributed by atoms with Crippen LogP contribution in [0.15, 0.2) is 40.9 Å². The van der Waals surface area contributed by atoms with Crippen molar-refractivity contribution in [2.75, 3.05) is 19.0 Å². The number of hydrogen-bond acceptors (Lipinski definition) is 4. The standard InChI is InChI=1S/C19H16BrClN2O4/c1-27-16-7-5-12(21)10-15(16)22-17(24)3-2-8-23-18(25)13-6-4-11(20)9-14(13)19(23)26/h4-7,9-10H,2-3,8H2,1H3,(H,22,24). The van der Waals surface area contributed by atoms with Crippen LogP contribution in [0, 0.1) is 0 Å². The molecule has 0 aliphatic carbocycles. The fourth-order valence-corrected chi connectivity index (χ4v) is 3.39. The molecule has 0 aromatic heterocycles. The predicted octanol–water partition coefficient (Wildman–Crippen LogP) is 4.13. The van der Waals surface area contributed by atoms with E-state index in [2.05, 4.69) is 21.2 Å². The van der Waals surface area contributed by atoms with Crippen LogP contribution in [0.4, 0.5) is 5.69 Å². The number of halogens is 2. The Hall–Kier alpha value is -2.38. The van der Waals surface area contributed by atoms with Gasteiger partial charge in [0.05, 0.1) is 23.9 Å². The van der Waals surface area contributed by atoms with Crippen molar-refractivity contribution in [1.82, 2.24) is 4.90 Å². The zero-order valence-corrected chi connectivity index (χ0v) is 16.8. The Morgan fingerprint density at radius 1 is 1.15 bits per heavy atom. The summed E-state index contributed by atoms with van der Waals surface area (Å²) in [5.74, 6) is -0.429. The van der Waals surface area contributed by atoms with Gasteiger partial charge in [-0.05, 0) is 42.8 Å². The van der Waals surface area contributed by atoms with Crippen LogP contribution in [-0.4, -0.2) is 36.3 Å². The third kappa shape index (κ3) is 4.14. The number of rotatable bonds is 6. The second-order valence-electron chi connectivity index (χ2n) is 5.95. The molecule has 0 atom stereocenters. The topological polar surface area (TPSA) is 75.7 Å². The van der Waals surface area contributed by atoms with Crippen molar-refractivity contribution in [3.05, 3.63) is 57.0 Å². The fraction of sp³-hybridized carbons (Fsp3) is 0.211. The minimum absolute atomic E-state index is 0.146. The third-order valence-electron chi connectivity index (χ3n) is 4.15. The summed E-state index contributed by atoms with van der Waals surface area (Å²) in [6.45, 7) is 0.171. The molecule has 6 nitrogen and oxygen atoms in total. The number of anilines is 1. The summed E-state index contributed by atoms with van der Waals surface area (Å²) >= 11 is 9.24. The molecule has 0 spiro atoms. The van der Waals surface area contributed by atoms with Gasteiger partial charge in [-0.25, -0.2) is 0 Å². The molecule has 8 heteroatoms. The van der Waals surface area contributed by atoms with Crippen LogP contribution in [0.25, 0.3) is 0 Å². The van der Waals surface area contributed by atoms with Gasteiger partial charge in [-0.15, -0.1) is 0 Å². The number of ether oxygens (including phenoxy) is 1. The summed E-state index contributed by atoms with van der Waals surface area (Å²) in [6.07, 6.45) is 0.494. The lowest BCUT2D eigenvalue weighted by Gasteiger charge is -2.14. The van der Waals surface area contributed by atoms with Gasteiger partial charge in [0.1, 0.15) is 5.75 Å². The van der Waals surface area contributed by atoms with E-state index in [4.69, 9.17) is 16.3 Å². The first-order valence-electron chi connectivity index (χ1n) is 8.20. The Morgan fingerprint density at radius 3 is 2.63 bits per heavy atom. The highest BCUT2D eigenvalue weighted by molar-refractivity contribution is 9.10. The first-order chi connectivity index (χ1) is 12.9. The molecule has 3 amide bonds. The molecule has 1 heterocycles. The zero-order valence-electron chi connectivity index (χ0n) is 14.4. The molecule has 1 N–H and O–H groups in total. The molecule has 0 saturated heterocycles. The Bertz CT molecular complexity index is 932. The smallest absolute Gasteiger partial charge is 0.261 e. The van der Waals surface area contributed by atoms with Gasteiger partial charge in [0.25, 0.3) is 11.8 Å². The molecular weight excluding hydrogens is 436 g/mol. The molecule has 2 aromatic rings. The number of carbonyl (C=O) groups is 3. The summed E-state index contributed by atoms with van der Waals surface area (Å²) < 4.78 is 5.92. The van der Waals surface area contributed by atoms with Crippen molar-refractivity contribution in [2.45, 2.75) is 12.8 Å². The molecule has 1 aliphatic heterocycles. The quantitative estimate of drug-likeness (QED) is 0.670. The Morgan fingerprint density at radius 2 is 1.89 bits per heavy atom. The Kier molecular flexibility index (Phi) is 5.82. The molecule has 0 fully saturated rings. The summed E-state index contributed by atoms with van der Waals surface area (Å²) in [5, 5.41) is 3.21. The predicted molar refractivity (Wildman–Crippen MR) is 105 cm³/mol. The maximum absolute atomic E-state index is 12.4. The average molecular weight is 452 g/mol. The van der Waals surface area contributed by atoms with E-state index in [9.17, 15) is 14.4 Å². The van der Waals surface area contributed by atoms with Crippen molar-refractivity contribution < 1.29 is 19.1 Å². The molecule has 27 heavy (non-hydrogen) atoms. The number of imide groups is 1. The van der Waals surface area contributed by atoms with Crippen molar-refractivity contribution >= 4 is 50.9 Å². The molecule has 3 rings (SSSR count). The van der Waals surface area contributed by atoms with Crippen LogP contribution in [0.3, 0.4) is 0 Å². The van der Waals surface area contributed by atoms with Crippen LogP contribution in [0.2, 0.25) is 5.02 Å². The van der Waals surface area contributed by atoms with E-state index in [1.807, 2.05) is 0 Å². The SMILES string of the molecule is COc1ccc(Cl)cc1NC(=O)CCCN1C(=O)c2ccc(Br)cc2C1=O. The van der Waals surface area contributed by atoms with Gasteiger partial charge in [-0.3, -0.25) is 19.3 Å². The minimum Gasteiger partial charge on any atom is -0.495 e. The second kappa shape index (κ2) is 8.10. The molecule has 0 bridgehead atoms. The largest absolute Gasteiger partial charge is 0.495 e. The highest BCUT2D eigenvalue weighted by Gasteiger charge is 2.35. The minimum atomic E-state index is -0.340. The fourth-order valence-electron chi connectivity index (χ4n) is 2.85. The Balaban J connectivity index is 1.58. The van der Waals surface area contributed by atoms with Crippen molar-refractivity contribution in [1.29, 1.82) is 0 Å². The highest BCUT2D eigenvalue weighted by atomic mass is 79.9. The monoisotopic (exact) mass is 450 g/mol. The van der Waals surface area contributed by atoms with Crippen LogP contribution in [-0.2, 0) is 4.79 Å². The van der Waals surface area contributed by atoms with Gasteiger partial charge in [-0.1, -0.05) is 27.5 Å². The van der Waals surface area contributed by atoms with Gasteiger partial charge in [0.2, 0.25) is 5.91 Å². The lowest BCUT2D eigenvalue weighted by atomic mass is 10.1. The zero-order chi connectivity index (χ0) is 19.6. The van der Waals surface area contributed by atoms with Crippen LogP contribution < -0.4 is 10.1 Å². The summed E-state index contributed by atoms with van der Waals surface area (Å²) in [5.41, 5.74) is 1.24. The van der Waals surface area contributed by atoms with E-state index in [-0.39, 0.29) is 30.7 Å². The number of fused-ring (bicyclic) bond motifs is 1. The van der Waals surface area contributed by atoms with Gasteiger partial charge in [0, 0.05) is 22.5 Å². The van der Waals surface area contributed by atoms with Gasteiger partial charge in [-0.2, -0.15) is 0 Å². The molecule has 0 unspecified atom stereocenters. The van der Waals surface area contributed by atoms with Crippen LogP contribution >= 0.6 is 27.5 Å². The van der Waals surface area contributed by atoms with E-state index >= 15 is 0 Å². The van der Waals surface area contributed by atoms with Crippen LogP contribution in [0.5, 0.6) is 5.75 Å². The van der Waals surface area contributed by atoms with Crippen molar-refractivity contribution in [3.8, 4) is 5.75 Å². The van der Waals surface area contributed by atoms with Gasteiger partial charge < -0.3 is 10.1 Å². The van der Waals surface area contributed by atoms with Crippen molar-refractivity contribution in [3.63, 3.8) is 0 Å². The maximum Gasteiger partial charge on any atom is 0.261 e. The summed E-state index contributed by atoms with van der Waals surface area (Å²) in [4.78, 5) is 38.1. The number of hydrogen-bond donors (Lipinski definition) is 1. The van der Waals surface area contributed by atoms with Gasteiger partial charge in [0.15, 0.2) is 0 Å². The van der Waals surface area contributed by atoms with E-state index in [0.717, 1.165) is 4.47 Å². The molecule has 0 saturated carbocycles. The van der Waals surface area contributed by atoms with E-state index in [1.54, 1.807) is 36.4 Å². The van der Waals surface area contributed by atoms with Crippen molar-refractivity contribution in [2.24, 2.45) is 0 Å². The molecule has 140 valence electrons. The summed E-state index contributed by atoms with van der Waals surface area (Å²) in [6, 6.07) is 9.90. The lowest BCUT2D eigenvalue weighted by molar-refractivity contribution is -0.116. The summed E-state index contributed by atoms with van der Waals surface area (Å²) in [7, 11) is 1.50. The Labute approximate surface area is 169 Å². The number of amides is 3. The molecule has 0 radical (unpaired) electrons. The second-order valence-corrected chi connectivity index (χ2v) is 7.30. The molecular formula is C19H16BrClN2O4. The first kappa shape index (κ1) is 19.4. The molecule has 2 aromatic carbocycles. The average Bonchev–Trinajstić information content (AvgIpc) is 2.86. The lowest BCUT2D eigenvalue weighted by Crippen LogP contribution is -2.31. The number of nitrogens with one attached hydrogen (secondary N) is 1. The van der Waals surface area contributed by atoms with E-state index in [1.165, 1.54) is 12.0 Å².